The quantitative estimate of drug-likeness (QED) is 0.930. The molecule has 6 heteroatoms. The molecule has 2 aromatic heterocycles. The summed E-state index contributed by atoms with van der Waals surface area (Å²) in [5.41, 5.74) is 8.64. The first-order valence-electron chi connectivity index (χ1n) is 7.41. The Balaban J connectivity index is 1.96. The van der Waals surface area contributed by atoms with Crippen LogP contribution in [0.25, 0.3) is 11.1 Å². The normalized spacial score (nSPS) is 13.5. The van der Waals surface area contributed by atoms with Gasteiger partial charge in [-0.05, 0) is 36.1 Å². The van der Waals surface area contributed by atoms with E-state index in [1.54, 1.807) is 30.4 Å². The van der Waals surface area contributed by atoms with Crippen molar-refractivity contribution in [2.45, 2.75) is 19.8 Å². The molecule has 0 aromatic carbocycles. The van der Waals surface area contributed by atoms with Gasteiger partial charge in [0.2, 0.25) is 11.8 Å². The van der Waals surface area contributed by atoms with Gasteiger partial charge in [0.25, 0.3) is 0 Å². The first-order valence-corrected chi connectivity index (χ1v) is 7.41. The van der Waals surface area contributed by atoms with E-state index in [0.717, 1.165) is 35.3 Å². The third-order valence-electron chi connectivity index (χ3n) is 3.81. The van der Waals surface area contributed by atoms with Gasteiger partial charge in [-0.1, -0.05) is 0 Å². The molecule has 1 aliphatic rings. The largest absolute Gasteiger partial charge is 0.369 e. The maximum absolute atomic E-state index is 11.7. The van der Waals surface area contributed by atoms with Gasteiger partial charge in [-0.3, -0.25) is 19.5 Å². The SMILES string of the molecule is CC(=O)N1CCCc2cc(-c3cncc([CH]C(N)=O)c3)cnc21. The molecule has 2 N–H and O–H groups in total. The highest BCUT2D eigenvalue weighted by Gasteiger charge is 2.21. The van der Waals surface area contributed by atoms with Gasteiger partial charge in [0.1, 0.15) is 5.82 Å². The van der Waals surface area contributed by atoms with Crippen molar-refractivity contribution in [1.29, 1.82) is 0 Å². The molecule has 23 heavy (non-hydrogen) atoms. The first-order chi connectivity index (χ1) is 11.0. The van der Waals surface area contributed by atoms with Gasteiger partial charge in [0, 0.05) is 43.2 Å². The molecular weight excluding hydrogens is 292 g/mol. The highest BCUT2D eigenvalue weighted by molar-refractivity contribution is 5.92. The van der Waals surface area contributed by atoms with Crippen LogP contribution in [0.2, 0.25) is 0 Å². The van der Waals surface area contributed by atoms with E-state index in [-0.39, 0.29) is 5.91 Å². The van der Waals surface area contributed by atoms with Crippen LogP contribution in [0.15, 0.2) is 30.7 Å². The minimum Gasteiger partial charge on any atom is -0.369 e. The van der Waals surface area contributed by atoms with E-state index < -0.39 is 5.91 Å². The average Bonchev–Trinajstić information content (AvgIpc) is 2.53. The fraction of sp³-hybridized carbons (Fsp3) is 0.235. The zero-order valence-corrected chi connectivity index (χ0v) is 12.8. The molecule has 0 atom stereocenters. The van der Waals surface area contributed by atoms with Gasteiger partial charge >= 0.3 is 0 Å². The van der Waals surface area contributed by atoms with E-state index in [0.29, 0.717) is 12.1 Å². The summed E-state index contributed by atoms with van der Waals surface area (Å²) in [5.74, 6) is 0.232. The Labute approximate surface area is 134 Å². The first kappa shape index (κ1) is 15.1. The number of carbonyl (C=O) groups excluding carboxylic acids is 2. The van der Waals surface area contributed by atoms with E-state index in [9.17, 15) is 9.59 Å². The van der Waals surface area contributed by atoms with Crippen LogP contribution in [-0.4, -0.2) is 28.3 Å². The summed E-state index contributed by atoms with van der Waals surface area (Å²) in [6.45, 7) is 2.26. The third-order valence-corrected chi connectivity index (χ3v) is 3.81. The number of pyridine rings is 2. The number of fused-ring (bicyclic) bond motifs is 1. The van der Waals surface area contributed by atoms with E-state index >= 15 is 0 Å². The standard InChI is InChI=1S/C17H17N4O2/c1-11(22)21-4-2-3-13-7-15(10-20-17(13)21)14-5-12(6-16(18)23)8-19-9-14/h5-10H,2-4H2,1H3,(H2,18,23). The molecule has 3 rings (SSSR count). The van der Waals surface area contributed by atoms with E-state index in [1.807, 2.05) is 12.1 Å². The summed E-state index contributed by atoms with van der Waals surface area (Å²) in [4.78, 5) is 33.0. The number of primary amides is 1. The Morgan fingerprint density at radius 2 is 2.00 bits per heavy atom. The van der Waals surface area contributed by atoms with Crippen LogP contribution in [0, 0.1) is 6.42 Å². The number of carbonyl (C=O) groups is 2. The molecule has 2 amide bonds. The maximum atomic E-state index is 11.7. The van der Waals surface area contributed by atoms with Crippen LogP contribution < -0.4 is 10.6 Å². The van der Waals surface area contributed by atoms with Gasteiger partial charge < -0.3 is 5.73 Å². The van der Waals surface area contributed by atoms with Gasteiger partial charge in [-0.2, -0.15) is 0 Å². The van der Waals surface area contributed by atoms with Crippen LogP contribution in [0.4, 0.5) is 5.82 Å². The van der Waals surface area contributed by atoms with Crippen molar-refractivity contribution in [3.05, 3.63) is 48.3 Å². The van der Waals surface area contributed by atoms with Crippen LogP contribution in [0.3, 0.4) is 0 Å². The molecule has 0 unspecified atom stereocenters. The smallest absolute Gasteiger partial charge is 0.226 e. The predicted octanol–water partition coefficient (Wildman–Crippen LogP) is 1.48. The highest BCUT2D eigenvalue weighted by Crippen LogP contribution is 2.29. The second-order valence-electron chi connectivity index (χ2n) is 5.53. The fourth-order valence-corrected chi connectivity index (χ4v) is 2.79. The second-order valence-corrected chi connectivity index (χ2v) is 5.53. The van der Waals surface area contributed by atoms with Gasteiger partial charge in [0.15, 0.2) is 0 Å². The number of anilines is 1. The van der Waals surface area contributed by atoms with Crippen LogP contribution in [0.5, 0.6) is 0 Å². The Hall–Kier alpha value is -2.76. The molecule has 0 saturated heterocycles. The second kappa shape index (κ2) is 6.16. The zero-order valence-electron chi connectivity index (χ0n) is 12.8. The number of aryl methyl sites for hydroxylation is 1. The Morgan fingerprint density at radius 1 is 1.22 bits per heavy atom. The summed E-state index contributed by atoms with van der Waals surface area (Å²) in [5, 5.41) is 0. The lowest BCUT2D eigenvalue weighted by molar-refractivity contribution is -0.117. The Kier molecular flexibility index (Phi) is 4.06. The van der Waals surface area contributed by atoms with E-state index in [4.69, 9.17) is 5.73 Å². The molecule has 1 radical (unpaired) electrons. The van der Waals surface area contributed by atoms with Gasteiger partial charge in [0.05, 0.1) is 6.42 Å². The number of amides is 2. The summed E-state index contributed by atoms with van der Waals surface area (Å²) in [6, 6.07) is 3.87. The molecule has 2 aromatic rings. The van der Waals surface area contributed by atoms with Crippen molar-refractivity contribution in [3.8, 4) is 11.1 Å². The Bertz CT molecular complexity index is 773. The number of hydrogen-bond donors (Lipinski definition) is 1. The molecule has 3 heterocycles. The van der Waals surface area contributed by atoms with E-state index in [1.165, 1.54) is 6.42 Å². The number of aromatic nitrogens is 2. The van der Waals surface area contributed by atoms with Gasteiger partial charge in [-0.25, -0.2) is 4.98 Å². The summed E-state index contributed by atoms with van der Waals surface area (Å²) >= 11 is 0. The maximum Gasteiger partial charge on any atom is 0.226 e. The lowest BCUT2D eigenvalue weighted by Crippen LogP contribution is -2.34. The van der Waals surface area contributed by atoms with Crippen molar-refractivity contribution < 1.29 is 9.59 Å². The number of rotatable bonds is 3. The third kappa shape index (κ3) is 3.21. The number of hydrogen-bond acceptors (Lipinski definition) is 4. The fourth-order valence-electron chi connectivity index (χ4n) is 2.79. The van der Waals surface area contributed by atoms with Crippen molar-refractivity contribution in [1.82, 2.24) is 9.97 Å². The Morgan fingerprint density at radius 3 is 2.74 bits per heavy atom. The van der Waals surface area contributed by atoms with Crippen LogP contribution in [0.1, 0.15) is 24.5 Å². The lowest BCUT2D eigenvalue weighted by atomic mass is 10.00. The number of nitrogens with zero attached hydrogens (tertiary/aromatic N) is 3. The van der Waals surface area contributed by atoms with Crippen molar-refractivity contribution >= 4 is 17.6 Å². The molecular formula is C17H17N4O2. The van der Waals surface area contributed by atoms with E-state index in [2.05, 4.69) is 9.97 Å². The minimum absolute atomic E-state index is 0.00548. The summed E-state index contributed by atoms with van der Waals surface area (Å²) < 4.78 is 0. The lowest BCUT2D eigenvalue weighted by Gasteiger charge is -2.27. The molecule has 0 saturated carbocycles. The summed E-state index contributed by atoms with van der Waals surface area (Å²) in [6.07, 6.45) is 8.17. The molecule has 6 nitrogen and oxygen atoms in total. The van der Waals surface area contributed by atoms with Crippen molar-refractivity contribution in [3.63, 3.8) is 0 Å². The predicted molar refractivity (Wildman–Crippen MR) is 86.4 cm³/mol. The molecule has 0 fully saturated rings. The minimum atomic E-state index is -0.510. The molecule has 1 aliphatic heterocycles. The summed E-state index contributed by atoms with van der Waals surface area (Å²) in [7, 11) is 0. The monoisotopic (exact) mass is 309 g/mol. The molecule has 0 aliphatic carbocycles. The zero-order chi connectivity index (χ0) is 16.4. The average molecular weight is 309 g/mol. The number of nitrogens with two attached hydrogens (primary N) is 1. The van der Waals surface area contributed by atoms with Gasteiger partial charge in [-0.15, -0.1) is 0 Å². The van der Waals surface area contributed by atoms with Crippen LogP contribution >= 0.6 is 0 Å². The topological polar surface area (TPSA) is 89.2 Å². The molecule has 0 spiro atoms. The van der Waals surface area contributed by atoms with Crippen molar-refractivity contribution in [2.75, 3.05) is 11.4 Å². The van der Waals surface area contributed by atoms with Crippen LogP contribution in [-0.2, 0) is 16.0 Å². The van der Waals surface area contributed by atoms with Crippen molar-refractivity contribution in [2.24, 2.45) is 5.73 Å². The molecule has 0 bridgehead atoms. The molecule has 117 valence electrons. The highest BCUT2D eigenvalue weighted by atomic mass is 16.2.